The van der Waals surface area contributed by atoms with E-state index in [0.29, 0.717) is 31.6 Å². The molecule has 6 heterocycles. The van der Waals surface area contributed by atoms with Crippen molar-refractivity contribution in [2.24, 2.45) is 56.7 Å². The topological polar surface area (TPSA) is 248 Å². The van der Waals surface area contributed by atoms with Gasteiger partial charge in [0.15, 0.2) is 24.8 Å². The lowest BCUT2D eigenvalue weighted by molar-refractivity contribution is -0.568. The SMILES string of the molecule is C[C@@H]1CC2C(=C[C@@H](O)[C@@H]3[C@@]4(C)CCC(OC5OC6(C(=O)O)C[C@@](O)(O6)[C@@H]5OC5OC6(C(=O)O)C[C@@](O)(O6)[C@@H]5O)C(C)(C)[C@@H]4CC[C@@]23C)C2C[C@@](C)(C(=O)O)CC[C@@]21C. The Bertz CT molecular complexity index is 1820. The van der Waals surface area contributed by atoms with Crippen LogP contribution < -0.4 is 0 Å². The van der Waals surface area contributed by atoms with Gasteiger partial charge in [-0.25, -0.2) is 9.59 Å². The van der Waals surface area contributed by atoms with Gasteiger partial charge in [-0.05, 0) is 104 Å². The Hall–Kier alpha value is -2.25. The van der Waals surface area contributed by atoms with E-state index < -0.39 is 102 Å². The van der Waals surface area contributed by atoms with Crippen LogP contribution in [0.5, 0.6) is 0 Å². The molecule has 58 heavy (non-hydrogen) atoms. The largest absolute Gasteiger partial charge is 0.481 e. The summed E-state index contributed by atoms with van der Waals surface area (Å²) in [6.07, 6.45) is -1.62. The number of carbonyl (C=O) groups is 3. The van der Waals surface area contributed by atoms with Crippen LogP contribution in [0, 0.1) is 56.7 Å². The first-order chi connectivity index (χ1) is 26.7. The molecule has 6 saturated heterocycles. The third-order valence-corrected chi connectivity index (χ3v) is 18.0. The zero-order chi connectivity index (χ0) is 42.2. The van der Waals surface area contributed by atoms with Gasteiger partial charge in [-0.2, -0.15) is 0 Å². The summed E-state index contributed by atoms with van der Waals surface area (Å²) in [5.41, 5.74) is -0.847. The van der Waals surface area contributed by atoms with Crippen LogP contribution in [0.1, 0.15) is 113 Å². The molecule has 0 spiro atoms. The summed E-state index contributed by atoms with van der Waals surface area (Å²) in [6.45, 7) is 15.3. The number of hydrogen-bond donors (Lipinski definition) is 7. The maximum Gasteiger partial charge on any atom is 0.364 e. The molecular formula is C42H60O16. The molecule has 4 saturated carbocycles. The first-order valence-corrected chi connectivity index (χ1v) is 21.0. The van der Waals surface area contributed by atoms with Gasteiger partial charge in [0.2, 0.25) is 11.6 Å². The number of carboxylic acids is 3. The fraction of sp³-hybridized carbons (Fsp3) is 0.881. The van der Waals surface area contributed by atoms with Crippen LogP contribution in [0.15, 0.2) is 11.6 Å². The van der Waals surface area contributed by atoms with Crippen LogP contribution in [0.2, 0.25) is 0 Å². The third kappa shape index (κ3) is 5.19. The van der Waals surface area contributed by atoms with E-state index in [1.54, 1.807) is 0 Å². The van der Waals surface area contributed by atoms with Gasteiger partial charge in [0.1, 0.15) is 0 Å². The fourth-order valence-electron chi connectivity index (χ4n) is 14.5. The number of fused-ring (bicyclic) bond motifs is 11. The van der Waals surface area contributed by atoms with Gasteiger partial charge in [-0.3, -0.25) is 4.79 Å². The van der Waals surface area contributed by atoms with E-state index in [2.05, 4.69) is 47.6 Å². The lowest BCUT2D eigenvalue weighted by Crippen LogP contribution is -2.81. The van der Waals surface area contributed by atoms with Crippen molar-refractivity contribution in [1.82, 2.24) is 0 Å². The monoisotopic (exact) mass is 820 g/mol. The van der Waals surface area contributed by atoms with Crippen molar-refractivity contribution < 1.29 is 78.6 Å². The van der Waals surface area contributed by atoms with Crippen molar-refractivity contribution in [2.75, 3.05) is 0 Å². The van der Waals surface area contributed by atoms with Crippen molar-refractivity contribution >= 4 is 17.9 Å². The normalized spacial score (nSPS) is 57.4. The Kier molecular flexibility index (Phi) is 8.67. The highest BCUT2D eigenvalue weighted by Crippen LogP contribution is 2.73. The number of rotatable bonds is 7. The van der Waals surface area contributed by atoms with E-state index in [1.165, 1.54) is 5.57 Å². The Morgan fingerprint density at radius 2 is 1.31 bits per heavy atom. The number of aliphatic hydroxyl groups excluding tert-OH is 2. The van der Waals surface area contributed by atoms with E-state index in [4.69, 9.17) is 28.4 Å². The highest BCUT2D eigenvalue weighted by atomic mass is 16.9. The number of allylic oxidation sites excluding steroid dienone is 1. The molecule has 7 N–H and O–H groups in total. The second kappa shape index (κ2) is 12.2. The van der Waals surface area contributed by atoms with Crippen LogP contribution in [0.25, 0.3) is 0 Å². The minimum Gasteiger partial charge on any atom is -0.481 e. The van der Waals surface area contributed by atoms with Gasteiger partial charge < -0.3 is 64.2 Å². The molecule has 0 radical (unpaired) electrons. The molecule has 0 aromatic rings. The second-order valence-electron chi connectivity index (χ2n) is 21.4. The molecule has 0 amide bonds. The lowest BCUT2D eigenvalue weighted by Gasteiger charge is -2.70. The van der Waals surface area contributed by atoms with Gasteiger partial charge >= 0.3 is 17.9 Å². The van der Waals surface area contributed by atoms with E-state index >= 15 is 0 Å². The highest BCUT2D eigenvalue weighted by Gasteiger charge is 2.77. The fourth-order valence-corrected chi connectivity index (χ4v) is 14.5. The zero-order valence-corrected chi connectivity index (χ0v) is 34.3. The summed E-state index contributed by atoms with van der Waals surface area (Å²) in [6, 6.07) is 0. The summed E-state index contributed by atoms with van der Waals surface area (Å²) in [7, 11) is 0. The van der Waals surface area contributed by atoms with Gasteiger partial charge in [-0.15, -0.1) is 0 Å². The smallest absolute Gasteiger partial charge is 0.364 e. The third-order valence-electron chi connectivity index (χ3n) is 18.0. The summed E-state index contributed by atoms with van der Waals surface area (Å²) in [5.74, 6) is -12.4. The van der Waals surface area contributed by atoms with Crippen molar-refractivity contribution in [1.29, 1.82) is 0 Å². The maximum absolute atomic E-state index is 12.5. The number of aliphatic hydroxyl groups is 4. The molecular weight excluding hydrogens is 760 g/mol. The Morgan fingerprint density at radius 1 is 0.724 bits per heavy atom. The number of hydrogen-bond acceptors (Lipinski definition) is 13. The molecule has 19 atom stereocenters. The molecule has 0 aromatic carbocycles. The first kappa shape index (κ1) is 41.1. The first-order valence-electron chi connectivity index (χ1n) is 21.0. The number of aliphatic carboxylic acids is 3. The molecule has 4 bridgehead atoms. The van der Waals surface area contributed by atoms with Gasteiger partial charge in [0.05, 0.1) is 30.5 Å². The maximum atomic E-state index is 12.5. The number of ether oxygens (including phenoxy) is 6. The van der Waals surface area contributed by atoms with Crippen LogP contribution >= 0.6 is 0 Å². The van der Waals surface area contributed by atoms with Gasteiger partial charge in [0, 0.05) is 5.92 Å². The molecule has 16 nitrogen and oxygen atoms in total. The quantitative estimate of drug-likeness (QED) is 0.144. The van der Waals surface area contributed by atoms with Crippen LogP contribution in [-0.4, -0.2) is 114 Å². The van der Waals surface area contributed by atoms with Crippen LogP contribution in [0.3, 0.4) is 0 Å². The molecule has 0 aromatic heterocycles. The Labute approximate surface area is 337 Å². The number of carboxylic acid groups (broad SMARTS) is 3. The average molecular weight is 821 g/mol. The predicted octanol–water partition coefficient (Wildman–Crippen LogP) is 3.32. The minimum atomic E-state index is -2.31. The van der Waals surface area contributed by atoms with Crippen molar-refractivity contribution in [3.8, 4) is 0 Å². The summed E-state index contributed by atoms with van der Waals surface area (Å²) < 4.78 is 34.6. The van der Waals surface area contributed by atoms with E-state index in [0.717, 1.165) is 25.7 Å². The van der Waals surface area contributed by atoms with Crippen LogP contribution in [0.4, 0.5) is 0 Å². The summed E-state index contributed by atoms with van der Waals surface area (Å²) in [5, 5.41) is 75.7. The van der Waals surface area contributed by atoms with Crippen molar-refractivity contribution in [3.63, 3.8) is 0 Å². The summed E-state index contributed by atoms with van der Waals surface area (Å²) >= 11 is 0. The van der Waals surface area contributed by atoms with Crippen molar-refractivity contribution in [2.45, 2.75) is 173 Å². The highest BCUT2D eigenvalue weighted by molar-refractivity contribution is 5.78. The Balaban J connectivity index is 0.994. The molecule has 5 aliphatic carbocycles. The Morgan fingerprint density at radius 3 is 1.91 bits per heavy atom. The summed E-state index contributed by atoms with van der Waals surface area (Å²) in [4.78, 5) is 36.9. The molecule has 16 heteroatoms. The van der Waals surface area contributed by atoms with Crippen molar-refractivity contribution in [3.05, 3.63) is 11.6 Å². The van der Waals surface area contributed by atoms with Gasteiger partial charge in [-0.1, -0.05) is 53.2 Å². The van der Waals surface area contributed by atoms with E-state index in [1.807, 2.05) is 6.92 Å². The standard InChI is InChI=1S/C42H60O16/c1-19-14-21-20(22-16-35(4,31(45)46)12-13-36(19,22)5)15-23(43)26-37(21,6)10-8-24-34(2,3)25(9-11-38(24,26)7)53-30-28(40(52)18-42(56-30,58-40)33(49)50)54-29-27(44)39(51)17-41(55-29,57-39)32(47)48/h15,19,21-30,43-44,51-52H,8-14,16-18H2,1-7H3,(H,45,46)(H,47,48)(H,49,50)/t19-,21?,22?,23-,24+,25?,26+,27-,28-,29?,30?,35+,36-,37+,38+,39-,40-,41?,42?/m1/s1. The molecule has 11 rings (SSSR count). The molecule has 10 fully saturated rings. The van der Waals surface area contributed by atoms with Crippen LogP contribution in [-0.2, 0) is 42.8 Å². The van der Waals surface area contributed by atoms with Gasteiger partial charge in [0.25, 0.3) is 11.6 Å². The molecule has 324 valence electrons. The van der Waals surface area contributed by atoms with E-state index in [-0.39, 0.29) is 39.9 Å². The molecule has 6 aliphatic heterocycles. The lowest BCUT2D eigenvalue weighted by atomic mass is 9.36. The zero-order valence-electron chi connectivity index (χ0n) is 34.3. The predicted molar refractivity (Wildman–Crippen MR) is 196 cm³/mol. The second-order valence-corrected chi connectivity index (χ2v) is 21.4. The average Bonchev–Trinajstić information content (AvgIpc) is 3.09. The minimum absolute atomic E-state index is 0.0142. The molecule has 7 unspecified atom stereocenters. The van der Waals surface area contributed by atoms with E-state index in [9.17, 15) is 50.1 Å². The molecule has 11 aliphatic rings.